The first kappa shape index (κ1) is 76.5. The Hall–Kier alpha value is -5.48. The largest absolute Gasteiger partial charge is 0.416 e. The maximum atomic E-state index is 14.4. The number of halogens is 3. The minimum Gasteiger partial charge on any atom is -0.368 e. The maximum absolute atomic E-state index is 14.4. The fourth-order valence-electron chi connectivity index (χ4n) is 9.30. The van der Waals surface area contributed by atoms with Crippen LogP contribution in [0.5, 0.6) is 0 Å². The van der Waals surface area contributed by atoms with Gasteiger partial charge < -0.3 is 65.9 Å². The molecule has 0 bridgehead atoms. The van der Waals surface area contributed by atoms with Crippen LogP contribution in [0.3, 0.4) is 0 Å². The van der Waals surface area contributed by atoms with Crippen LogP contribution in [0.4, 0.5) is 13.2 Å². The number of benzene rings is 1. The zero-order valence-electron chi connectivity index (χ0n) is 51.2. The molecule has 1 aromatic rings. The number of rotatable bonds is 42. The molecule has 0 radical (unpaired) electrons. The van der Waals surface area contributed by atoms with Crippen LogP contribution < -0.4 is 65.9 Å². The molecule has 0 fully saturated rings. The van der Waals surface area contributed by atoms with E-state index in [9.17, 15) is 59.9 Å². The van der Waals surface area contributed by atoms with Crippen LogP contribution in [0, 0.1) is 29.6 Å². The van der Waals surface area contributed by atoms with E-state index < -0.39 is 135 Å². The van der Waals surface area contributed by atoms with Crippen molar-refractivity contribution in [1.29, 1.82) is 0 Å². The molecule has 0 spiro atoms. The first-order chi connectivity index (χ1) is 39.2. The summed E-state index contributed by atoms with van der Waals surface area (Å²) in [5.41, 5.74) is 28.2. The second-order valence-electron chi connectivity index (χ2n) is 24.0. The lowest BCUT2D eigenvalue weighted by atomic mass is 9.98. The minimum atomic E-state index is -4.75. The van der Waals surface area contributed by atoms with Crippen molar-refractivity contribution in [3.05, 3.63) is 29.8 Å². The molecule has 8 amide bonds. The number of amides is 8. The Kier molecular flexibility index (Phi) is 35.1. The molecule has 84 heavy (non-hydrogen) atoms. The van der Waals surface area contributed by atoms with Crippen molar-refractivity contribution < 1.29 is 59.9 Å². The molecule has 1 rings (SSSR count). The number of unbranched alkanes of at least 4 members (excludes halogenated alkanes) is 3. The first-order valence-electron chi connectivity index (χ1n) is 29.6. The van der Waals surface area contributed by atoms with E-state index in [1.165, 1.54) is 0 Å². The predicted molar refractivity (Wildman–Crippen MR) is 317 cm³/mol. The number of nitrogens with one attached hydrogen (secondary N) is 7. The lowest BCUT2D eigenvalue weighted by Gasteiger charge is -2.29. The second-order valence-corrected chi connectivity index (χ2v) is 25.9. The molecule has 0 aliphatic heterocycles. The van der Waals surface area contributed by atoms with Gasteiger partial charge in [-0.3, -0.25) is 38.4 Å². The number of hydrogen-bond acceptors (Lipinski definition) is 14. The van der Waals surface area contributed by atoms with E-state index in [0.29, 0.717) is 63.6 Å². The molecule has 0 saturated carbocycles. The van der Waals surface area contributed by atoms with Crippen LogP contribution in [-0.4, -0.2) is 141 Å². The number of carbonyl (C=O) groups is 8. The van der Waals surface area contributed by atoms with Gasteiger partial charge in [-0.2, -0.15) is 17.5 Å². The fraction of sp³-hybridized carbons (Fsp3) is 0.754. The van der Waals surface area contributed by atoms with Gasteiger partial charge in [0.1, 0.15) is 42.3 Å². The molecule has 0 aliphatic carbocycles. The average molecular weight is 1220 g/mol. The number of nitrogens with zero attached hydrogens (tertiary/aromatic N) is 1. The van der Waals surface area contributed by atoms with E-state index in [4.69, 9.17) is 28.7 Å². The molecule has 27 heteroatoms. The molecule has 0 unspecified atom stereocenters. The quantitative estimate of drug-likeness (QED) is 0.0419. The van der Waals surface area contributed by atoms with Gasteiger partial charge in [-0.05, 0) is 163 Å². The van der Waals surface area contributed by atoms with E-state index >= 15 is 0 Å². The summed E-state index contributed by atoms with van der Waals surface area (Å²) < 4.78 is 69.0. The van der Waals surface area contributed by atoms with Crippen LogP contribution in [0.15, 0.2) is 29.2 Å². The third-order valence-electron chi connectivity index (χ3n) is 13.5. The average Bonchev–Trinajstić information content (AvgIpc) is 3.40. The standard InChI is InChI=1S/C57H102F3N13O10S/c1-34(2)27-40(64)32-73(84(82,83)41-22-20-39(21-23-41)57(58,59)60)33-49(74)66-42(17-11-14-24-61)51(76)70-48(31-38(9)10)56(81)72-46(29-36(5)6)54(79)68-43(18-12-15-25-62)52(77)67-44(19-13-16-26-63)53(78)71-47(30-37(7)8)55(80)69-45(50(65)75)28-35(3)4/h20-23,34-38,40,42-48H,11-19,24-33,61-64H2,1-10H3,(H2,65,75)(H,66,74)(H,67,77)(H,68,79)(H,69,80)(H,70,76)(H,71,78)(H,72,81)/t40-,42-,43-,44-,45-,46-,47-,48-/m0/s1. The Bertz CT molecular complexity index is 2330. The molecule has 1 aromatic carbocycles. The normalized spacial score (nSPS) is 15.0. The van der Waals surface area contributed by atoms with Gasteiger partial charge in [0.2, 0.25) is 57.3 Å². The van der Waals surface area contributed by atoms with Crippen LogP contribution in [0.1, 0.15) is 165 Å². The predicted octanol–water partition coefficient (Wildman–Crippen LogP) is 2.52. The SMILES string of the molecule is CC(C)C[C@H](N)CN(CC(=O)N[C@@H](CCCCN)C(=O)N[C@@H](CC(C)C)C(=O)N[C@@H](CC(C)C)C(=O)N[C@@H](CCCCN)C(=O)N[C@@H](CCCCN)C(=O)N[C@@H](CC(C)C)C(=O)N[C@@H](CC(C)C)C(N)=O)S(=O)(=O)c1ccc(C(F)(F)F)cc1. The van der Waals surface area contributed by atoms with Crippen molar-refractivity contribution in [2.24, 2.45) is 58.3 Å². The molecule has 0 saturated heterocycles. The molecular formula is C57H102F3N13O10S. The van der Waals surface area contributed by atoms with Crippen molar-refractivity contribution in [2.45, 2.75) is 219 Å². The third kappa shape index (κ3) is 29.6. The Morgan fingerprint density at radius 2 is 0.762 bits per heavy atom. The molecule has 0 heterocycles. The number of primary amides is 1. The van der Waals surface area contributed by atoms with E-state index in [-0.39, 0.29) is 87.6 Å². The van der Waals surface area contributed by atoms with Gasteiger partial charge in [0.05, 0.1) is 17.0 Å². The molecule has 482 valence electrons. The van der Waals surface area contributed by atoms with Gasteiger partial charge in [0, 0.05) is 12.6 Å². The van der Waals surface area contributed by atoms with Crippen molar-refractivity contribution in [2.75, 3.05) is 32.7 Å². The van der Waals surface area contributed by atoms with Crippen LogP contribution in [0.2, 0.25) is 0 Å². The Morgan fingerprint density at radius 1 is 0.464 bits per heavy atom. The first-order valence-corrected chi connectivity index (χ1v) is 31.0. The molecule has 23 nitrogen and oxygen atoms in total. The lowest BCUT2D eigenvalue weighted by molar-refractivity contribution is -0.137. The topological polar surface area (TPSA) is 388 Å². The summed E-state index contributed by atoms with van der Waals surface area (Å²) in [6, 6.07) is -6.47. The van der Waals surface area contributed by atoms with Crippen molar-refractivity contribution in [3.8, 4) is 0 Å². The Morgan fingerprint density at radius 3 is 1.07 bits per heavy atom. The summed E-state index contributed by atoms with van der Waals surface area (Å²) in [4.78, 5) is 111. The number of hydrogen-bond donors (Lipinski definition) is 12. The third-order valence-corrected chi connectivity index (χ3v) is 15.3. The van der Waals surface area contributed by atoms with E-state index in [0.717, 1.165) is 16.4 Å². The summed E-state index contributed by atoms with van der Waals surface area (Å²) in [7, 11) is -4.64. The van der Waals surface area contributed by atoms with Crippen LogP contribution in [-0.2, 0) is 54.6 Å². The molecule has 17 N–H and O–H groups in total. The number of carbonyl (C=O) groups excluding carboxylic acids is 8. The zero-order chi connectivity index (χ0) is 64.1. The summed E-state index contributed by atoms with van der Waals surface area (Å²) in [5, 5.41) is 19.0. The van der Waals surface area contributed by atoms with Crippen molar-refractivity contribution >= 4 is 57.3 Å². The minimum absolute atomic E-state index is 0.00544. The number of sulfonamides is 1. The Balaban J connectivity index is 3.61. The van der Waals surface area contributed by atoms with Gasteiger partial charge in [0.25, 0.3) is 0 Å². The van der Waals surface area contributed by atoms with E-state index in [1.54, 1.807) is 13.8 Å². The van der Waals surface area contributed by atoms with Gasteiger partial charge in [-0.15, -0.1) is 0 Å². The summed E-state index contributed by atoms with van der Waals surface area (Å²) in [6.45, 7) is 17.9. The highest BCUT2D eigenvalue weighted by Gasteiger charge is 2.37. The van der Waals surface area contributed by atoms with E-state index in [1.807, 2.05) is 55.4 Å². The zero-order valence-corrected chi connectivity index (χ0v) is 52.0. The monoisotopic (exact) mass is 1220 g/mol. The highest BCUT2D eigenvalue weighted by Crippen LogP contribution is 2.30. The summed E-state index contributed by atoms with van der Waals surface area (Å²) >= 11 is 0. The maximum Gasteiger partial charge on any atom is 0.416 e. The lowest BCUT2D eigenvalue weighted by Crippen LogP contribution is -2.60. The highest BCUT2D eigenvalue weighted by atomic mass is 32.2. The van der Waals surface area contributed by atoms with Gasteiger partial charge in [-0.25, -0.2) is 8.42 Å². The van der Waals surface area contributed by atoms with Crippen molar-refractivity contribution in [1.82, 2.24) is 41.5 Å². The van der Waals surface area contributed by atoms with Crippen LogP contribution >= 0.6 is 0 Å². The second kappa shape index (κ2) is 38.5. The molecular weight excluding hydrogens is 1120 g/mol. The highest BCUT2D eigenvalue weighted by molar-refractivity contribution is 7.89. The molecule has 8 atom stereocenters. The molecule has 0 aliphatic rings. The number of alkyl halides is 3. The van der Waals surface area contributed by atoms with Gasteiger partial charge in [0.15, 0.2) is 0 Å². The summed E-state index contributed by atoms with van der Waals surface area (Å²) in [5.74, 6) is -6.57. The number of nitrogens with two attached hydrogens (primary N) is 5. The fourth-order valence-corrected chi connectivity index (χ4v) is 10.8. The van der Waals surface area contributed by atoms with E-state index in [2.05, 4.69) is 37.2 Å². The van der Waals surface area contributed by atoms with Crippen molar-refractivity contribution in [3.63, 3.8) is 0 Å². The smallest absolute Gasteiger partial charge is 0.368 e. The van der Waals surface area contributed by atoms with Gasteiger partial charge in [-0.1, -0.05) is 69.2 Å². The Labute approximate surface area is 496 Å². The van der Waals surface area contributed by atoms with Crippen LogP contribution in [0.25, 0.3) is 0 Å². The van der Waals surface area contributed by atoms with Gasteiger partial charge >= 0.3 is 6.18 Å². The summed E-state index contributed by atoms with van der Waals surface area (Å²) in [6.07, 6.45) is -1.20. The molecule has 0 aromatic heterocycles.